The highest BCUT2D eigenvalue weighted by Crippen LogP contribution is 2.17. The van der Waals surface area contributed by atoms with Crippen molar-refractivity contribution in [2.24, 2.45) is 0 Å². The number of aromatic nitrogens is 1. The number of ether oxygens (including phenoxy) is 1. The normalized spacial score (nSPS) is 10.7. The molecule has 17 heavy (non-hydrogen) atoms. The molecule has 0 atom stereocenters. The molecule has 90 valence electrons. The molecule has 4 nitrogen and oxygen atoms in total. The van der Waals surface area contributed by atoms with E-state index in [2.05, 4.69) is 4.98 Å². The monoisotopic (exact) mass is 233 g/mol. The lowest BCUT2D eigenvalue weighted by Gasteiger charge is -1.98. The van der Waals surface area contributed by atoms with Crippen molar-refractivity contribution < 1.29 is 13.9 Å². The Labute approximate surface area is 99.6 Å². The van der Waals surface area contributed by atoms with Crippen LogP contribution in [0.25, 0.3) is 11.1 Å². The van der Waals surface area contributed by atoms with Crippen molar-refractivity contribution in [3.63, 3.8) is 0 Å². The van der Waals surface area contributed by atoms with Gasteiger partial charge in [0.1, 0.15) is 5.52 Å². The van der Waals surface area contributed by atoms with Gasteiger partial charge in [-0.1, -0.05) is 6.07 Å². The Balaban J connectivity index is 2.07. The van der Waals surface area contributed by atoms with Gasteiger partial charge in [0.05, 0.1) is 13.0 Å². The molecular weight excluding hydrogens is 218 g/mol. The summed E-state index contributed by atoms with van der Waals surface area (Å²) in [4.78, 5) is 15.5. The lowest BCUT2D eigenvalue weighted by Crippen LogP contribution is -2.05. The molecule has 0 amide bonds. The van der Waals surface area contributed by atoms with Crippen LogP contribution in [0, 0.1) is 6.92 Å². The number of rotatable bonds is 4. The van der Waals surface area contributed by atoms with E-state index in [1.807, 2.05) is 25.1 Å². The second kappa shape index (κ2) is 4.99. The fraction of sp³-hybridized carbons (Fsp3) is 0.385. The van der Waals surface area contributed by atoms with Crippen LogP contribution in [-0.4, -0.2) is 17.6 Å². The largest absolute Gasteiger partial charge is 0.466 e. The third kappa shape index (κ3) is 2.84. The summed E-state index contributed by atoms with van der Waals surface area (Å²) < 4.78 is 10.4. The molecular formula is C13H15NO3. The minimum absolute atomic E-state index is 0.217. The molecule has 0 aliphatic heterocycles. The maximum absolute atomic E-state index is 11.2. The van der Waals surface area contributed by atoms with Gasteiger partial charge in [-0.05, 0) is 31.5 Å². The van der Waals surface area contributed by atoms with Gasteiger partial charge in [-0.25, -0.2) is 4.98 Å². The van der Waals surface area contributed by atoms with Crippen LogP contribution in [0.15, 0.2) is 22.6 Å². The molecule has 0 saturated carbocycles. The molecule has 1 heterocycles. The van der Waals surface area contributed by atoms with Crippen LogP contribution in [0.4, 0.5) is 0 Å². The first-order valence-electron chi connectivity index (χ1n) is 5.70. The average molecular weight is 233 g/mol. The van der Waals surface area contributed by atoms with Gasteiger partial charge in [0.25, 0.3) is 0 Å². The van der Waals surface area contributed by atoms with E-state index in [0.29, 0.717) is 25.3 Å². The molecule has 0 fully saturated rings. The summed E-state index contributed by atoms with van der Waals surface area (Å²) in [5.41, 5.74) is 2.74. The van der Waals surface area contributed by atoms with Crippen molar-refractivity contribution in [2.45, 2.75) is 26.7 Å². The Morgan fingerprint density at radius 2 is 2.29 bits per heavy atom. The quantitative estimate of drug-likeness (QED) is 0.762. The second-order valence-corrected chi connectivity index (χ2v) is 3.88. The molecule has 4 heteroatoms. The molecule has 0 unspecified atom stereocenters. The molecule has 1 aromatic carbocycles. The highest BCUT2D eigenvalue weighted by molar-refractivity contribution is 5.73. The van der Waals surface area contributed by atoms with Gasteiger partial charge in [0.2, 0.25) is 0 Å². The zero-order valence-corrected chi connectivity index (χ0v) is 10.0. The van der Waals surface area contributed by atoms with Gasteiger partial charge in [-0.2, -0.15) is 0 Å². The van der Waals surface area contributed by atoms with E-state index in [0.717, 1.165) is 16.7 Å². The van der Waals surface area contributed by atoms with E-state index in [1.165, 1.54) is 0 Å². The van der Waals surface area contributed by atoms with Gasteiger partial charge in [0, 0.05) is 6.42 Å². The number of oxazole rings is 1. The van der Waals surface area contributed by atoms with Crippen molar-refractivity contribution in [2.75, 3.05) is 6.61 Å². The van der Waals surface area contributed by atoms with Gasteiger partial charge < -0.3 is 9.15 Å². The zero-order valence-electron chi connectivity index (χ0n) is 10.0. The molecule has 1 aromatic heterocycles. The Kier molecular flexibility index (Phi) is 3.42. The van der Waals surface area contributed by atoms with Gasteiger partial charge in [0.15, 0.2) is 11.5 Å². The molecule has 0 N–H and O–H groups in total. The minimum Gasteiger partial charge on any atom is -0.466 e. The van der Waals surface area contributed by atoms with E-state index in [-0.39, 0.29) is 5.97 Å². The second-order valence-electron chi connectivity index (χ2n) is 3.88. The minimum atomic E-state index is -0.217. The number of fused-ring (bicyclic) bond motifs is 1. The Bertz CT molecular complexity index is 530. The van der Waals surface area contributed by atoms with Crippen LogP contribution in [0.1, 0.15) is 24.8 Å². The fourth-order valence-electron chi connectivity index (χ4n) is 1.63. The van der Waals surface area contributed by atoms with Crippen LogP contribution in [0.3, 0.4) is 0 Å². The summed E-state index contributed by atoms with van der Waals surface area (Å²) in [7, 11) is 0. The van der Waals surface area contributed by atoms with Crippen LogP contribution in [-0.2, 0) is 16.0 Å². The lowest BCUT2D eigenvalue weighted by molar-refractivity contribution is -0.143. The maximum Gasteiger partial charge on any atom is 0.306 e. The van der Waals surface area contributed by atoms with E-state index in [1.54, 1.807) is 6.92 Å². The number of esters is 1. The molecule has 2 aromatic rings. The van der Waals surface area contributed by atoms with Crippen LogP contribution < -0.4 is 0 Å². The number of aryl methyl sites for hydroxylation is 2. The number of carbonyl (C=O) groups excluding carboxylic acids is 1. The first kappa shape index (κ1) is 11.6. The summed E-state index contributed by atoms with van der Waals surface area (Å²) in [6.07, 6.45) is 0.784. The highest BCUT2D eigenvalue weighted by Gasteiger charge is 2.08. The first-order chi connectivity index (χ1) is 8.19. The van der Waals surface area contributed by atoms with Crippen molar-refractivity contribution in [3.8, 4) is 0 Å². The molecule has 0 spiro atoms. The summed E-state index contributed by atoms with van der Waals surface area (Å²) in [5.74, 6) is 0.365. The summed E-state index contributed by atoms with van der Waals surface area (Å²) in [6.45, 7) is 4.21. The van der Waals surface area contributed by atoms with Crippen LogP contribution >= 0.6 is 0 Å². The van der Waals surface area contributed by atoms with E-state index >= 15 is 0 Å². The number of hydrogen-bond acceptors (Lipinski definition) is 4. The first-order valence-corrected chi connectivity index (χ1v) is 5.70. The smallest absolute Gasteiger partial charge is 0.306 e. The van der Waals surface area contributed by atoms with Crippen molar-refractivity contribution in [1.82, 2.24) is 4.98 Å². The molecule has 2 rings (SSSR count). The fourth-order valence-corrected chi connectivity index (χ4v) is 1.63. The molecule has 0 saturated heterocycles. The summed E-state index contributed by atoms with van der Waals surface area (Å²) in [5, 5.41) is 0. The maximum atomic E-state index is 11.2. The van der Waals surface area contributed by atoms with Gasteiger partial charge in [-0.3, -0.25) is 4.79 Å². The van der Waals surface area contributed by atoms with E-state index in [4.69, 9.17) is 9.15 Å². The van der Waals surface area contributed by atoms with E-state index in [9.17, 15) is 4.79 Å². The molecule has 0 aliphatic rings. The Morgan fingerprint density at radius 1 is 1.47 bits per heavy atom. The summed E-state index contributed by atoms with van der Waals surface area (Å²) in [6, 6.07) is 5.83. The Hall–Kier alpha value is -1.84. The number of benzene rings is 1. The van der Waals surface area contributed by atoms with Crippen molar-refractivity contribution in [3.05, 3.63) is 29.7 Å². The Morgan fingerprint density at radius 3 is 3.06 bits per heavy atom. The number of hydrogen-bond donors (Lipinski definition) is 0. The average Bonchev–Trinajstić information content (AvgIpc) is 2.68. The number of carbonyl (C=O) groups is 1. The van der Waals surface area contributed by atoms with Gasteiger partial charge in [-0.15, -0.1) is 0 Å². The SMILES string of the molecule is CCOC(=O)CCc1nc2cc(C)ccc2o1. The van der Waals surface area contributed by atoms with Gasteiger partial charge >= 0.3 is 5.97 Å². The molecule has 0 bridgehead atoms. The zero-order chi connectivity index (χ0) is 12.3. The van der Waals surface area contributed by atoms with E-state index < -0.39 is 0 Å². The highest BCUT2D eigenvalue weighted by atomic mass is 16.5. The van der Waals surface area contributed by atoms with Crippen LogP contribution in [0.2, 0.25) is 0 Å². The van der Waals surface area contributed by atoms with Crippen molar-refractivity contribution in [1.29, 1.82) is 0 Å². The topological polar surface area (TPSA) is 52.3 Å². The number of nitrogens with zero attached hydrogens (tertiary/aromatic N) is 1. The third-order valence-corrected chi connectivity index (χ3v) is 2.44. The van der Waals surface area contributed by atoms with Crippen molar-refractivity contribution >= 4 is 17.1 Å². The lowest BCUT2D eigenvalue weighted by atomic mass is 10.2. The standard InChI is InChI=1S/C13H15NO3/c1-3-16-13(15)7-6-12-14-10-8-9(2)4-5-11(10)17-12/h4-5,8H,3,6-7H2,1-2H3. The van der Waals surface area contributed by atoms with Crippen LogP contribution in [0.5, 0.6) is 0 Å². The predicted octanol–water partition coefficient (Wildman–Crippen LogP) is 2.63. The third-order valence-electron chi connectivity index (χ3n) is 2.44. The molecule has 0 aliphatic carbocycles. The molecule has 0 radical (unpaired) electrons. The predicted molar refractivity (Wildman–Crippen MR) is 63.7 cm³/mol. The summed E-state index contributed by atoms with van der Waals surface area (Å²) >= 11 is 0.